The third-order valence-corrected chi connectivity index (χ3v) is 0. The van der Waals surface area contributed by atoms with Gasteiger partial charge in [0.25, 0.3) is 0 Å². The predicted molar refractivity (Wildman–Crippen MR) is 29.7 cm³/mol. The minimum atomic E-state index is -5.39. The topological polar surface area (TPSA) is 298 Å². The first-order valence-electron chi connectivity index (χ1n) is 1.46. The van der Waals surface area contributed by atoms with E-state index in [9.17, 15) is 0 Å². The van der Waals surface area contributed by atoms with E-state index < -0.39 is 15.6 Å². The molecule has 0 radical (unpaired) electrons. The van der Waals surface area contributed by atoms with E-state index in [2.05, 4.69) is 0 Å². The molecule has 0 heterocycles. The largest absolute Gasteiger partial charge is 2.00 e. The summed E-state index contributed by atoms with van der Waals surface area (Å²) in [7, 11) is -10.8. The SMILES string of the molecule is O.O.O.O.O=P([O-])([O-])[O-].O=P([O-])([O-])[O-].[Fe+2].[Fe+2].[Fe+2]. The van der Waals surface area contributed by atoms with E-state index in [4.69, 9.17) is 38.5 Å². The van der Waals surface area contributed by atoms with Crippen molar-refractivity contribution in [2.75, 3.05) is 0 Å². The van der Waals surface area contributed by atoms with E-state index in [-0.39, 0.29) is 73.1 Å². The standard InChI is InChI=1S/3Fe.2H3O4P.4H2O/c;;;2*1-5(2,3)4;;;;/h;;;2*(H3,1,2,3,4);4*1H2/q3*+2;;;;;;/p-6. The fourth-order valence-electron chi connectivity index (χ4n) is 0. The van der Waals surface area contributed by atoms with Gasteiger partial charge >= 0.3 is 51.2 Å². The van der Waals surface area contributed by atoms with Crippen molar-refractivity contribution in [3.05, 3.63) is 0 Å². The van der Waals surface area contributed by atoms with Crippen molar-refractivity contribution in [1.29, 1.82) is 0 Å². The number of rotatable bonds is 0. The molecule has 0 amide bonds. The van der Waals surface area contributed by atoms with Crippen LogP contribution in [0.2, 0.25) is 0 Å². The van der Waals surface area contributed by atoms with Crippen molar-refractivity contribution in [3.8, 4) is 0 Å². The van der Waals surface area contributed by atoms with Crippen LogP contribution in [0.5, 0.6) is 0 Å². The summed E-state index contributed by atoms with van der Waals surface area (Å²) in [5, 5.41) is 0. The van der Waals surface area contributed by atoms with Crippen LogP contribution in [0, 0.1) is 0 Å². The van der Waals surface area contributed by atoms with Gasteiger partial charge in [0, 0.05) is 0 Å². The molecule has 8 N–H and O–H groups in total. The summed E-state index contributed by atoms with van der Waals surface area (Å²) in [6.07, 6.45) is 0. The molecule has 114 valence electrons. The summed E-state index contributed by atoms with van der Waals surface area (Å²) in [5.74, 6) is 0. The smallest absolute Gasteiger partial charge is 0.822 e. The molecule has 0 rings (SSSR count). The van der Waals surface area contributed by atoms with Gasteiger partial charge in [0.15, 0.2) is 0 Å². The van der Waals surface area contributed by atoms with Crippen molar-refractivity contribution in [2.24, 2.45) is 0 Å². The Balaban J connectivity index is -0.00000000762. The van der Waals surface area contributed by atoms with Crippen LogP contribution in [0.4, 0.5) is 0 Å². The summed E-state index contributed by atoms with van der Waals surface area (Å²) in [6, 6.07) is 0. The van der Waals surface area contributed by atoms with E-state index in [0.29, 0.717) is 0 Å². The van der Waals surface area contributed by atoms with E-state index >= 15 is 0 Å². The molecule has 0 aliphatic rings. The molecule has 0 aliphatic heterocycles. The summed E-state index contributed by atoms with van der Waals surface area (Å²) >= 11 is 0. The molecule has 0 atom stereocenters. The Hall–Kier alpha value is 1.62. The Morgan fingerprint density at radius 1 is 0.471 bits per heavy atom. The molecule has 0 aromatic rings. The van der Waals surface area contributed by atoms with Gasteiger partial charge in [0.05, 0.1) is 0 Å². The van der Waals surface area contributed by atoms with Crippen LogP contribution in [0.3, 0.4) is 0 Å². The second-order valence-corrected chi connectivity index (χ2v) is 2.68. The molecule has 0 spiro atoms. The van der Waals surface area contributed by atoms with Crippen molar-refractivity contribution in [1.82, 2.24) is 0 Å². The van der Waals surface area contributed by atoms with E-state index in [0.717, 1.165) is 0 Å². The average molecular weight is 430 g/mol. The van der Waals surface area contributed by atoms with Crippen LogP contribution >= 0.6 is 15.6 Å². The first-order valence-corrected chi connectivity index (χ1v) is 4.38. The van der Waals surface area contributed by atoms with E-state index in [1.807, 2.05) is 0 Å². The summed E-state index contributed by atoms with van der Waals surface area (Å²) < 4.78 is 17.1. The molecule has 0 aliphatic carbocycles. The Labute approximate surface area is 127 Å². The molecular weight excluding hydrogens is 421 g/mol. The minimum Gasteiger partial charge on any atom is -0.822 e. The zero-order valence-corrected chi connectivity index (χ0v) is 12.3. The molecule has 0 aromatic heterocycles. The second kappa shape index (κ2) is 26.2. The van der Waals surface area contributed by atoms with Crippen LogP contribution in [0.25, 0.3) is 0 Å². The van der Waals surface area contributed by atoms with Crippen molar-refractivity contribution < 1.29 is 112 Å². The van der Waals surface area contributed by atoms with Crippen molar-refractivity contribution in [3.63, 3.8) is 0 Å². The fourth-order valence-corrected chi connectivity index (χ4v) is 0. The third-order valence-electron chi connectivity index (χ3n) is 0. The van der Waals surface area contributed by atoms with Gasteiger partial charge in [-0.15, -0.1) is 0 Å². The van der Waals surface area contributed by atoms with Crippen molar-refractivity contribution >= 4 is 15.6 Å². The van der Waals surface area contributed by atoms with Gasteiger partial charge in [-0.25, -0.2) is 0 Å². The summed E-state index contributed by atoms with van der Waals surface area (Å²) in [4.78, 5) is 51.3. The van der Waals surface area contributed by atoms with Gasteiger partial charge in [0.2, 0.25) is 0 Å². The molecule has 0 fully saturated rings. The Morgan fingerprint density at radius 2 is 0.471 bits per heavy atom. The molecule has 12 nitrogen and oxygen atoms in total. The molecule has 0 aromatic carbocycles. The first kappa shape index (κ1) is 62.5. The molecule has 17 heavy (non-hydrogen) atoms. The summed E-state index contributed by atoms with van der Waals surface area (Å²) in [6.45, 7) is 0. The predicted octanol–water partition coefficient (Wildman–Crippen LogP) is -8.96. The Kier molecular flexibility index (Phi) is 96.4. The number of phosphoric acid groups is 2. The zero-order chi connectivity index (χ0) is 9.00. The zero-order valence-electron chi connectivity index (χ0n) is 7.22. The fraction of sp³-hybridized carbons (Fsp3) is 0. The monoisotopic (exact) mass is 430 g/mol. The van der Waals surface area contributed by atoms with Gasteiger partial charge in [-0.3, -0.25) is 0 Å². The maximum atomic E-state index is 8.55. The van der Waals surface area contributed by atoms with Gasteiger partial charge in [-0.2, -0.15) is 15.6 Å². The minimum absolute atomic E-state index is 0. The normalized spacial score (nSPS) is 6.94. The van der Waals surface area contributed by atoms with Crippen molar-refractivity contribution in [2.45, 2.75) is 0 Å². The van der Waals surface area contributed by atoms with Crippen LogP contribution in [-0.4, -0.2) is 21.9 Å². The van der Waals surface area contributed by atoms with Gasteiger partial charge in [0.1, 0.15) is 0 Å². The average Bonchev–Trinajstić information content (AvgIpc) is 1.12. The Morgan fingerprint density at radius 3 is 0.471 bits per heavy atom. The van der Waals surface area contributed by atoms with Crippen LogP contribution in [0.15, 0.2) is 0 Å². The van der Waals surface area contributed by atoms with Crippen LogP contribution in [-0.2, 0) is 60.3 Å². The number of hydrogen-bond acceptors (Lipinski definition) is 8. The molecule has 0 saturated carbocycles. The maximum Gasteiger partial charge on any atom is 2.00 e. The first-order chi connectivity index (χ1) is 4.00. The number of hydrogen-bond donors (Lipinski definition) is 0. The Bertz CT molecular complexity index is 132. The maximum absolute atomic E-state index is 8.55. The molecule has 17 heteroatoms. The third kappa shape index (κ3) is 1640. The quantitative estimate of drug-likeness (QED) is 0.262. The molecule has 0 bridgehead atoms. The van der Waals surface area contributed by atoms with Gasteiger partial charge in [-0.1, -0.05) is 0 Å². The van der Waals surface area contributed by atoms with Crippen LogP contribution in [0.1, 0.15) is 0 Å². The molecular formula is H8Fe3O12P2. The molecule has 0 unspecified atom stereocenters. The molecule has 0 saturated heterocycles. The van der Waals surface area contributed by atoms with E-state index in [1.165, 1.54) is 0 Å². The van der Waals surface area contributed by atoms with Gasteiger partial charge < -0.3 is 60.4 Å². The second-order valence-electron chi connectivity index (χ2n) is 0.894. The summed E-state index contributed by atoms with van der Waals surface area (Å²) in [5.41, 5.74) is 0. The van der Waals surface area contributed by atoms with Gasteiger partial charge in [-0.05, 0) is 0 Å². The van der Waals surface area contributed by atoms with E-state index in [1.54, 1.807) is 0 Å². The van der Waals surface area contributed by atoms with Crippen LogP contribution < -0.4 is 29.4 Å².